The first-order valence-electron chi connectivity index (χ1n) is 10.0. The average molecular weight is 481 g/mol. The minimum atomic E-state index is -4.73. The van der Waals surface area contributed by atoms with Gasteiger partial charge in [-0.25, -0.2) is 4.79 Å². The molecule has 2 aromatic rings. The summed E-state index contributed by atoms with van der Waals surface area (Å²) >= 11 is 0. The second-order valence-corrected chi connectivity index (χ2v) is 8.36. The van der Waals surface area contributed by atoms with E-state index in [9.17, 15) is 32.3 Å². The Labute approximate surface area is 191 Å². The van der Waals surface area contributed by atoms with Gasteiger partial charge in [-0.2, -0.15) is 13.2 Å². The fraction of sp³-hybridized carbons (Fsp3) is 0.333. The van der Waals surface area contributed by atoms with Crippen LogP contribution in [0.15, 0.2) is 29.1 Å². The fourth-order valence-electron chi connectivity index (χ4n) is 3.25. The summed E-state index contributed by atoms with van der Waals surface area (Å²) in [5.41, 5.74) is 2.50. The molecule has 3 rings (SSSR count). The highest BCUT2D eigenvalue weighted by Crippen LogP contribution is 2.34. The van der Waals surface area contributed by atoms with Crippen molar-refractivity contribution in [3.8, 4) is 5.69 Å². The first kappa shape index (κ1) is 24.6. The number of nitrogen functional groups attached to an aromatic ring is 1. The Hall–Kier alpha value is -4.03. The zero-order valence-electron chi connectivity index (χ0n) is 18.4. The molecule has 0 bridgehead atoms. The second-order valence-electron chi connectivity index (χ2n) is 8.36. The van der Waals surface area contributed by atoms with E-state index in [0.29, 0.717) is 6.07 Å². The van der Waals surface area contributed by atoms with E-state index < -0.39 is 46.6 Å². The van der Waals surface area contributed by atoms with Crippen LogP contribution < -0.4 is 27.2 Å². The predicted molar refractivity (Wildman–Crippen MR) is 116 cm³/mol. The smallest absolute Gasteiger partial charge is 0.416 e. The summed E-state index contributed by atoms with van der Waals surface area (Å²) in [6.07, 6.45) is -5.41. The van der Waals surface area contributed by atoms with Gasteiger partial charge in [-0.3, -0.25) is 24.3 Å². The fourth-order valence-corrected chi connectivity index (χ4v) is 3.25. The molecule has 1 aromatic heterocycles. The summed E-state index contributed by atoms with van der Waals surface area (Å²) in [7, 11) is 0. The lowest BCUT2D eigenvalue weighted by atomic mass is 10.1. The molecule has 1 aromatic carbocycles. The van der Waals surface area contributed by atoms with E-state index in [1.807, 2.05) is 5.32 Å². The lowest BCUT2D eigenvalue weighted by molar-refractivity contribution is -0.137. The summed E-state index contributed by atoms with van der Waals surface area (Å²) in [5, 5.41) is 7.30. The van der Waals surface area contributed by atoms with Gasteiger partial charge in [0.2, 0.25) is 0 Å². The number of halogens is 3. The largest absolute Gasteiger partial charge is 0.444 e. The molecule has 1 aliphatic rings. The monoisotopic (exact) mass is 481 g/mol. The summed E-state index contributed by atoms with van der Waals surface area (Å²) < 4.78 is 45.9. The Kier molecular flexibility index (Phi) is 6.31. The van der Waals surface area contributed by atoms with Crippen molar-refractivity contribution in [2.75, 3.05) is 24.1 Å². The quantitative estimate of drug-likeness (QED) is 0.379. The van der Waals surface area contributed by atoms with Crippen molar-refractivity contribution in [2.24, 2.45) is 0 Å². The Balaban J connectivity index is 1.97. The first-order chi connectivity index (χ1) is 15.7. The van der Waals surface area contributed by atoms with Gasteiger partial charge in [0.15, 0.2) is 0 Å². The molecule has 182 valence electrons. The maximum atomic E-state index is 13.4. The van der Waals surface area contributed by atoms with Gasteiger partial charge in [-0.05, 0) is 39.0 Å². The van der Waals surface area contributed by atoms with Gasteiger partial charge in [0.1, 0.15) is 11.4 Å². The minimum absolute atomic E-state index is 0.0425. The van der Waals surface area contributed by atoms with Crippen LogP contribution in [0.2, 0.25) is 0 Å². The van der Waals surface area contributed by atoms with Gasteiger partial charge >= 0.3 is 12.3 Å². The molecule has 13 heteroatoms. The SMILES string of the molecule is CC(C)(C)OC(=O)NCCNc1ccc(C(F)(F)F)cc1-n1c(N)c2c(cc1=O)C(=O)NC2=O. The van der Waals surface area contributed by atoms with Crippen LogP contribution in [0.5, 0.6) is 0 Å². The number of pyridine rings is 1. The molecular formula is C21H22F3N5O5. The molecule has 1 aliphatic heterocycles. The standard InChI is InChI=1S/C21H22F3N5O5/c1-20(2,3)34-19(33)27-7-6-26-12-5-4-10(21(22,23)24)8-13(12)29-14(30)9-11-15(16(29)25)18(32)28-17(11)31/h4-5,8-9,26H,6-7,25H2,1-3H3,(H,27,33)(H,28,31,32). The number of fused-ring (bicyclic) bond motifs is 1. The van der Waals surface area contributed by atoms with Crippen molar-refractivity contribution < 1.29 is 32.3 Å². The number of alkyl halides is 3. The molecular weight excluding hydrogens is 459 g/mol. The highest BCUT2D eigenvalue weighted by atomic mass is 19.4. The number of imide groups is 1. The molecule has 5 N–H and O–H groups in total. The van der Waals surface area contributed by atoms with E-state index in [1.165, 1.54) is 0 Å². The zero-order chi connectivity index (χ0) is 25.4. The van der Waals surface area contributed by atoms with Crippen LogP contribution in [0.25, 0.3) is 5.69 Å². The van der Waals surface area contributed by atoms with Gasteiger partial charge in [0.05, 0.1) is 28.1 Å². The molecule has 0 saturated carbocycles. The molecule has 2 heterocycles. The van der Waals surface area contributed by atoms with Crippen LogP contribution in [0.4, 0.5) is 29.5 Å². The van der Waals surface area contributed by atoms with Gasteiger partial charge in [0.25, 0.3) is 17.4 Å². The number of hydrogen-bond acceptors (Lipinski definition) is 7. The predicted octanol–water partition coefficient (Wildman–Crippen LogP) is 2.26. The topological polar surface area (TPSA) is 145 Å². The number of carbonyl (C=O) groups excluding carboxylic acids is 3. The second kappa shape index (κ2) is 8.72. The Morgan fingerprint density at radius 3 is 2.38 bits per heavy atom. The van der Waals surface area contributed by atoms with Crippen molar-refractivity contribution >= 4 is 29.4 Å². The number of rotatable bonds is 5. The number of nitrogens with two attached hydrogens (primary N) is 1. The maximum absolute atomic E-state index is 13.4. The molecule has 0 aliphatic carbocycles. The third kappa shape index (κ3) is 5.13. The first-order valence-corrected chi connectivity index (χ1v) is 10.0. The van der Waals surface area contributed by atoms with Gasteiger partial charge in [-0.1, -0.05) is 0 Å². The Bertz CT molecular complexity index is 1230. The lowest BCUT2D eigenvalue weighted by Gasteiger charge is -2.20. The van der Waals surface area contributed by atoms with Gasteiger partial charge in [0, 0.05) is 19.2 Å². The normalized spacial score (nSPS) is 13.4. The number of carbonyl (C=O) groups is 3. The molecule has 3 amide bonds. The molecule has 0 fully saturated rings. The van der Waals surface area contributed by atoms with Crippen molar-refractivity contribution in [2.45, 2.75) is 32.5 Å². The van der Waals surface area contributed by atoms with Crippen LogP contribution >= 0.6 is 0 Å². The number of aromatic nitrogens is 1. The highest BCUT2D eigenvalue weighted by molar-refractivity contribution is 6.23. The number of hydrogen-bond donors (Lipinski definition) is 4. The van der Waals surface area contributed by atoms with Crippen molar-refractivity contribution in [3.05, 3.63) is 51.3 Å². The van der Waals surface area contributed by atoms with Crippen molar-refractivity contribution in [3.63, 3.8) is 0 Å². The van der Waals surface area contributed by atoms with Crippen LogP contribution in [-0.4, -0.2) is 41.2 Å². The summed E-state index contributed by atoms with van der Waals surface area (Å²) in [4.78, 5) is 48.4. The minimum Gasteiger partial charge on any atom is -0.444 e. The van der Waals surface area contributed by atoms with Gasteiger partial charge < -0.3 is 21.1 Å². The van der Waals surface area contributed by atoms with E-state index in [0.717, 1.165) is 22.8 Å². The number of ether oxygens (including phenoxy) is 1. The number of alkyl carbamates (subject to hydrolysis) is 1. The molecule has 34 heavy (non-hydrogen) atoms. The van der Waals surface area contributed by atoms with E-state index in [-0.39, 0.29) is 35.6 Å². The molecule has 0 saturated heterocycles. The van der Waals surface area contributed by atoms with Crippen LogP contribution in [0.1, 0.15) is 47.1 Å². The van der Waals surface area contributed by atoms with Crippen molar-refractivity contribution in [1.29, 1.82) is 0 Å². The number of nitrogens with zero attached hydrogens (tertiary/aromatic N) is 1. The number of benzene rings is 1. The lowest BCUT2D eigenvalue weighted by Crippen LogP contribution is -2.35. The number of amides is 3. The van der Waals surface area contributed by atoms with Gasteiger partial charge in [-0.15, -0.1) is 0 Å². The average Bonchev–Trinajstić information content (AvgIpc) is 2.97. The van der Waals surface area contributed by atoms with E-state index >= 15 is 0 Å². The highest BCUT2D eigenvalue weighted by Gasteiger charge is 2.34. The van der Waals surface area contributed by atoms with Crippen LogP contribution in [-0.2, 0) is 10.9 Å². The zero-order valence-corrected chi connectivity index (χ0v) is 18.4. The third-order valence-corrected chi connectivity index (χ3v) is 4.63. The Morgan fingerprint density at radius 1 is 1.09 bits per heavy atom. The van der Waals surface area contributed by atoms with E-state index in [2.05, 4.69) is 10.6 Å². The summed E-state index contributed by atoms with van der Waals surface area (Å²) in [6.45, 7) is 5.15. The number of nitrogens with one attached hydrogen (secondary N) is 3. The third-order valence-electron chi connectivity index (χ3n) is 4.63. The molecule has 0 unspecified atom stereocenters. The van der Waals surface area contributed by atoms with Crippen LogP contribution in [0, 0.1) is 0 Å². The molecule has 0 spiro atoms. The van der Waals surface area contributed by atoms with E-state index in [1.54, 1.807) is 20.8 Å². The number of anilines is 2. The molecule has 0 radical (unpaired) electrons. The summed E-state index contributed by atoms with van der Waals surface area (Å²) in [6, 6.07) is 3.43. The Morgan fingerprint density at radius 2 is 1.76 bits per heavy atom. The molecule has 10 nitrogen and oxygen atoms in total. The van der Waals surface area contributed by atoms with Crippen molar-refractivity contribution in [1.82, 2.24) is 15.2 Å². The summed E-state index contributed by atoms with van der Waals surface area (Å²) in [5.74, 6) is -2.18. The van der Waals surface area contributed by atoms with Crippen LogP contribution in [0.3, 0.4) is 0 Å². The molecule has 0 atom stereocenters. The maximum Gasteiger partial charge on any atom is 0.416 e. The van der Waals surface area contributed by atoms with E-state index in [4.69, 9.17) is 10.5 Å².